The lowest BCUT2D eigenvalue weighted by Crippen LogP contribution is -2.32. The molecule has 17 heavy (non-hydrogen) atoms. The molecule has 4 heteroatoms. The minimum atomic E-state index is -0.817. The molecule has 0 saturated carbocycles. The third-order valence-electron chi connectivity index (χ3n) is 2.83. The summed E-state index contributed by atoms with van der Waals surface area (Å²) in [6, 6.07) is 4.84. The van der Waals surface area contributed by atoms with Crippen LogP contribution >= 0.6 is 0 Å². The Bertz CT molecular complexity index is 404. The Kier molecular flexibility index (Phi) is 4.63. The number of benzene rings is 1. The number of halogens is 1. The lowest BCUT2D eigenvalue weighted by atomic mass is 10.0. The number of aryl methyl sites for hydroxylation is 1. The highest BCUT2D eigenvalue weighted by Gasteiger charge is 2.16. The van der Waals surface area contributed by atoms with E-state index in [4.69, 9.17) is 5.11 Å². The Morgan fingerprint density at radius 1 is 1.47 bits per heavy atom. The number of carboxylic acids is 1. The lowest BCUT2D eigenvalue weighted by molar-refractivity contribution is -0.138. The van der Waals surface area contributed by atoms with Crippen LogP contribution in [0.2, 0.25) is 0 Å². The summed E-state index contributed by atoms with van der Waals surface area (Å²) in [5.74, 6) is -1.05. The number of hydrogen-bond donors (Lipinski definition) is 1. The third kappa shape index (κ3) is 4.15. The molecular formula is C13H18FNO2. The van der Waals surface area contributed by atoms with Gasteiger partial charge >= 0.3 is 5.97 Å². The molecule has 1 N–H and O–H groups in total. The first-order chi connectivity index (χ1) is 7.90. The summed E-state index contributed by atoms with van der Waals surface area (Å²) < 4.78 is 13.1. The first-order valence-corrected chi connectivity index (χ1v) is 5.53. The molecule has 1 aromatic rings. The van der Waals surface area contributed by atoms with Gasteiger partial charge in [-0.25, -0.2) is 4.39 Å². The molecule has 0 aliphatic rings. The van der Waals surface area contributed by atoms with Gasteiger partial charge in [0.25, 0.3) is 0 Å². The molecule has 3 nitrogen and oxygen atoms in total. The molecular weight excluding hydrogens is 221 g/mol. The SMILES string of the molecule is Cc1cc(CC(CC(=O)O)N(C)C)ccc1F. The summed E-state index contributed by atoms with van der Waals surface area (Å²) in [6.45, 7) is 1.71. The van der Waals surface area contributed by atoms with Gasteiger partial charge in [-0.2, -0.15) is 0 Å². The molecule has 0 spiro atoms. The second kappa shape index (κ2) is 5.77. The fraction of sp³-hybridized carbons (Fsp3) is 0.462. The highest BCUT2D eigenvalue weighted by molar-refractivity contribution is 5.67. The molecule has 94 valence electrons. The molecule has 0 bridgehead atoms. The van der Waals surface area contributed by atoms with Crippen molar-refractivity contribution in [1.82, 2.24) is 4.90 Å². The number of likely N-dealkylation sites (N-methyl/N-ethyl adjacent to an activating group) is 1. The summed E-state index contributed by atoms with van der Waals surface area (Å²) in [7, 11) is 3.70. The minimum Gasteiger partial charge on any atom is -0.481 e. The van der Waals surface area contributed by atoms with E-state index in [1.165, 1.54) is 6.07 Å². The Morgan fingerprint density at radius 2 is 2.12 bits per heavy atom. The fourth-order valence-electron chi connectivity index (χ4n) is 1.74. The monoisotopic (exact) mass is 239 g/mol. The number of rotatable bonds is 5. The molecule has 0 fully saturated rings. The first-order valence-electron chi connectivity index (χ1n) is 5.53. The van der Waals surface area contributed by atoms with Crippen molar-refractivity contribution in [2.75, 3.05) is 14.1 Å². The van der Waals surface area contributed by atoms with Gasteiger partial charge < -0.3 is 10.0 Å². The van der Waals surface area contributed by atoms with Crippen LogP contribution in [0.5, 0.6) is 0 Å². The zero-order valence-electron chi connectivity index (χ0n) is 10.4. The molecule has 1 aromatic carbocycles. The van der Waals surface area contributed by atoms with E-state index in [0.717, 1.165) is 5.56 Å². The van der Waals surface area contributed by atoms with Crippen LogP contribution in [0.1, 0.15) is 17.5 Å². The van der Waals surface area contributed by atoms with Gasteiger partial charge in [-0.15, -0.1) is 0 Å². The van der Waals surface area contributed by atoms with Gasteiger partial charge in [-0.3, -0.25) is 4.79 Å². The first kappa shape index (κ1) is 13.6. The van der Waals surface area contributed by atoms with E-state index in [9.17, 15) is 9.18 Å². The molecule has 0 radical (unpaired) electrons. The molecule has 0 aliphatic carbocycles. The molecule has 0 aromatic heterocycles. The second-order valence-electron chi connectivity index (χ2n) is 4.50. The maximum absolute atomic E-state index is 13.1. The van der Waals surface area contributed by atoms with Gasteiger partial charge in [-0.1, -0.05) is 12.1 Å². The van der Waals surface area contributed by atoms with Crippen LogP contribution in [-0.2, 0) is 11.2 Å². The predicted octanol–water partition coefficient (Wildman–Crippen LogP) is 2.08. The molecule has 0 amide bonds. The Balaban J connectivity index is 2.78. The molecule has 1 atom stereocenters. The van der Waals surface area contributed by atoms with Crippen molar-refractivity contribution in [1.29, 1.82) is 0 Å². The van der Waals surface area contributed by atoms with Gasteiger partial charge in [0.15, 0.2) is 0 Å². The Labute approximate surface area is 101 Å². The number of carbonyl (C=O) groups is 1. The van der Waals surface area contributed by atoms with Gasteiger partial charge in [0.1, 0.15) is 5.82 Å². The summed E-state index contributed by atoms with van der Waals surface area (Å²) in [5, 5.41) is 8.82. The van der Waals surface area contributed by atoms with Gasteiger partial charge in [0, 0.05) is 6.04 Å². The van der Waals surface area contributed by atoms with Crippen molar-refractivity contribution in [3.63, 3.8) is 0 Å². The van der Waals surface area contributed by atoms with Crippen molar-refractivity contribution >= 4 is 5.97 Å². The zero-order valence-corrected chi connectivity index (χ0v) is 10.4. The van der Waals surface area contributed by atoms with E-state index in [-0.39, 0.29) is 18.3 Å². The molecule has 0 heterocycles. The van der Waals surface area contributed by atoms with Crippen molar-refractivity contribution in [3.05, 3.63) is 35.1 Å². The molecule has 1 unspecified atom stereocenters. The maximum Gasteiger partial charge on any atom is 0.304 e. The van der Waals surface area contributed by atoms with Crippen LogP contribution in [0.3, 0.4) is 0 Å². The normalized spacial score (nSPS) is 12.8. The van der Waals surface area contributed by atoms with Gasteiger partial charge in [0.05, 0.1) is 6.42 Å². The summed E-state index contributed by atoms with van der Waals surface area (Å²) >= 11 is 0. The van der Waals surface area contributed by atoms with E-state index in [0.29, 0.717) is 12.0 Å². The number of carboxylic acid groups (broad SMARTS) is 1. The lowest BCUT2D eigenvalue weighted by Gasteiger charge is -2.22. The smallest absolute Gasteiger partial charge is 0.304 e. The van der Waals surface area contributed by atoms with Crippen molar-refractivity contribution in [2.24, 2.45) is 0 Å². The average Bonchev–Trinajstić information content (AvgIpc) is 2.21. The zero-order chi connectivity index (χ0) is 13.0. The predicted molar refractivity (Wildman–Crippen MR) is 64.6 cm³/mol. The summed E-state index contributed by atoms with van der Waals surface area (Å²) in [4.78, 5) is 12.6. The van der Waals surface area contributed by atoms with E-state index >= 15 is 0 Å². The summed E-state index contributed by atoms with van der Waals surface area (Å²) in [6.07, 6.45) is 0.698. The van der Waals surface area contributed by atoms with Gasteiger partial charge in [-0.05, 0) is 44.6 Å². The quantitative estimate of drug-likeness (QED) is 0.855. The van der Waals surface area contributed by atoms with Crippen LogP contribution in [-0.4, -0.2) is 36.1 Å². The average molecular weight is 239 g/mol. The van der Waals surface area contributed by atoms with Crippen LogP contribution in [0.25, 0.3) is 0 Å². The second-order valence-corrected chi connectivity index (χ2v) is 4.50. The maximum atomic E-state index is 13.1. The Morgan fingerprint density at radius 3 is 2.59 bits per heavy atom. The van der Waals surface area contributed by atoms with E-state index < -0.39 is 5.97 Å². The van der Waals surface area contributed by atoms with Crippen molar-refractivity contribution in [3.8, 4) is 0 Å². The molecule has 0 aliphatic heterocycles. The minimum absolute atomic E-state index is 0.0719. The van der Waals surface area contributed by atoms with E-state index in [2.05, 4.69) is 0 Å². The highest BCUT2D eigenvalue weighted by atomic mass is 19.1. The number of aliphatic carboxylic acids is 1. The van der Waals surface area contributed by atoms with Crippen LogP contribution in [0.15, 0.2) is 18.2 Å². The summed E-state index contributed by atoms with van der Waals surface area (Å²) in [5.41, 5.74) is 1.55. The van der Waals surface area contributed by atoms with Crippen LogP contribution < -0.4 is 0 Å². The van der Waals surface area contributed by atoms with E-state index in [1.54, 1.807) is 19.1 Å². The van der Waals surface area contributed by atoms with Crippen molar-refractivity contribution in [2.45, 2.75) is 25.8 Å². The topological polar surface area (TPSA) is 40.5 Å². The fourth-order valence-corrected chi connectivity index (χ4v) is 1.74. The highest BCUT2D eigenvalue weighted by Crippen LogP contribution is 2.14. The molecule has 0 saturated heterocycles. The number of nitrogens with zero attached hydrogens (tertiary/aromatic N) is 1. The third-order valence-corrected chi connectivity index (χ3v) is 2.83. The van der Waals surface area contributed by atoms with Crippen LogP contribution in [0.4, 0.5) is 4.39 Å². The number of hydrogen-bond acceptors (Lipinski definition) is 2. The van der Waals surface area contributed by atoms with Crippen molar-refractivity contribution < 1.29 is 14.3 Å². The van der Waals surface area contributed by atoms with Gasteiger partial charge in [0.2, 0.25) is 0 Å². The van der Waals surface area contributed by atoms with Crippen LogP contribution in [0, 0.1) is 12.7 Å². The largest absolute Gasteiger partial charge is 0.481 e. The standard InChI is InChI=1S/C13H18FNO2/c1-9-6-10(4-5-12(9)14)7-11(15(2)3)8-13(16)17/h4-6,11H,7-8H2,1-3H3,(H,16,17). The molecule has 1 rings (SSSR count). The Hall–Kier alpha value is -1.42. The van der Waals surface area contributed by atoms with E-state index in [1.807, 2.05) is 19.0 Å².